The highest BCUT2D eigenvalue weighted by atomic mass is 79.9. The van der Waals surface area contributed by atoms with E-state index < -0.39 is 0 Å². The molecule has 4 heteroatoms. The van der Waals surface area contributed by atoms with Crippen LogP contribution in [-0.4, -0.2) is 0 Å². The summed E-state index contributed by atoms with van der Waals surface area (Å²) in [5, 5.41) is 0. The molecule has 0 spiro atoms. The molecular weight excluding hydrogens is 292 g/mol. The summed E-state index contributed by atoms with van der Waals surface area (Å²) in [4.78, 5) is 0. The van der Waals surface area contributed by atoms with Gasteiger partial charge >= 0.3 is 0 Å². The highest BCUT2D eigenvalue weighted by Crippen LogP contribution is 2.24. The molecule has 0 bridgehead atoms. The van der Waals surface area contributed by atoms with Crippen molar-refractivity contribution in [3.63, 3.8) is 0 Å². The molecule has 1 aromatic rings. The van der Waals surface area contributed by atoms with Gasteiger partial charge in [0.05, 0.1) is 0 Å². The largest absolute Gasteiger partial charge is 0.324 e. The Bertz CT molecular complexity index is 331. The highest BCUT2D eigenvalue weighted by molar-refractivity contribution is 9.10. The topological polar surface area (TPSA) is 26.0 Å². The van der Waals surface area contributed by atoms with Crippen LogP contribution in [0.25, 0.3) is 0 Å². The first-order valence-corrected chi connectivity index (χ1v) is 6.00. The second kappa shape index (κ2) is 7.25. The minimum absolute atomic E-state index is 0. The van der Waals surface area contributed by atoms with E-state index in [4.69, 9.17) is 5.73 Å². The molecule has 0 heterocycles. The molecule has 0 unspecified atom stereocenters. The fourth-order valence-electron chi connectivity index (χ4n) is 1.47. The molecule has 16 heavy (non-hydrogen) atoms. The summed E-state index contributed by atoms with van der Waals surface area (Å²) < 4.78 is 14.3. The number of hydrogen-bond acceptors (Lipinski definition) is 1. The SMILES string of the molecule is CC(C)CC[C@@H](N)c1cc(Br)ccc1F.Cl. The van der Waals surface area contributed by atoms with Crippen LogP contribution in [0.2, 0.25) is 0 Å². The van der Waals surface area contributed by atoms with Crippen LogP contribution < -0.4 is 5.73 Å². The van der Waals surface area contributed by atoms with Crippen LogP contribution in [-0.2, 0) is 0 Å². The summed E-state index contributed by atoms with van der Waals surface area (Å²) in [6.07, 6.45) is 1.85. The summed E-state index contributed by atoms with van der Waals surface area (Å²) >= 11 is 3.32. The number of halogens is 3. The zero-order chi connectivity index (χ0) is 11.4. The van der Waals surface area contributed by atoms with Crippen molar-refractivity contribution < 1.29 is 4.39 Å². The fraction of sp³-hybridized carbons (Fsp3) is 0.500. The zero-order valence-corrected chi connectivity index (χ0v) is 11.9. The van der Waals surface area contributed by atoms with Gasteiger partial charge < -0.3 is 5.73 Å². The lowest BCUT2D eigenvalue weighted by Crippen LogP contribution is -2.13. The average Bonchev–Trinajstić information content (AvgIpc) is 2.18. The van der Waals surface area contributed by atoms with Gasteiger partial charge in [-0.1, -0.05) is 29.8 Å². The monoisotopic (exact) mass is 309 g/mol. The predicted molar refractivity (Wildman–Crippen MR) is 72.3 cm³/mol. The van der Waals surface area contributed by atoms with Crippen LogP contribution in [0.1, 0.15) is 38.3 Å². The third kappa shape index (κ3) is 4.81. The minimum Gasteiger partial charge on any atom is -0.324 e. The first-order chi connectivity index (χ1) is 7.00. The maximum absolute atomic E-state index is 13.4. The van der Waals surface area contributed by atoms with E-state index in [9.17, 15) is 4.39 Å². The Morgan fingerprint density at radius 3 is 2.50 bits per heavy atom. The van der Waals surface area contributed by atoms with E-state index in [2.05, 4.69) is 29.8 Å². The quantitative estimate of drug-likeness (QED) is 0.874. The van der Waals surface area contributed by atoms with Crippen molar-refractivity contribution in [1.29, 1.82) is 0 Å². The molecule has 0 aliphatic rings. The lowest BCUT2D eigenvalue weighted by molar-refractivity contribution is 0.491. The predicted octanol–water partition coefficient (Wildman–Crippen LogP) is 4.45. The van der Waals surface area contributed by atoms with Gasteiger partial charge in [-0.3, -0.25) is 0 Å². The molecule has 0 amide bonds. The van der Waals surface area contributed by atoms with Crippen molar-refractivity contribution in [3.05, 3.63) is 34.1 Å². The molecule has 1 rings (SSSR count). The Morgan fingerprint density at radius 2 is 1.94 bits per heavy atom. The van der Waals surface area contributed by atoms with E-state index in [1.807, 2.05) is 0 Å². The first-order valence-electron chi connectivity index (χ1n) is 5.21. The van der Waals surface area contributed by atoms with Crippen molar-refractivity contribution >= 4 is 28.3 Å². The van der Waals surface area contributed by atoms with Gasteiger partial charge in [0.25, 0.3) is 0 Å². The standard InChI is InChI=1S/C12H17BrFN.ClH/c1-8(2)3-6-12(15)10-7-9(13)4-5-11(10)14;/h4-5,7-8,12H,3,6,15H2,1-2H3;1H/t12-;/m1./s1. The second-order valence-corrected chi connectivity index (χ2v) is 5.16. The van der Waals surface area contributed by atoms with E-state index in [1.165, 1.54) is 6.07 Å². The molecule has 1 nitrogen and oxygen atoms in total. The fourth-order valence-corrected chi connectivity index (χ4v) is 1.85. The van der Waals surface area contributed by atoms with E-state index >= 15 is 0 Å². The molecule has 0 aliphatic carbocycles. The van der Waals surface area contributed by atoms with E-state index in [-0.39, 0.29) is 24.3 Å². The second-order valence-electron chi connectivity index (χ2n) is 4.24. The third-order valence-electron chi connectivity index (χ3n) is 2.41. The Kier molecular flexibility index (Phi) is 7.20. The lowest BCUT2D eigenvalue weighted by Gasteiger charge is -2.14. The van der Waals surface area contributed by atoms with Crippen LogP contribution in [0.5, 0.6) is 0 Å². The maximum Gasteiger partial charge on any atom is 0.128 e. The molecular formula is C12H18BrClFN. The number of nitrogens with two attached hydrogens (primary N) is 1. The normalized spacial score (nSPS) is 12.4. The highest BCUT2D eigenvalue weighted by Gasteiger charge is 2.12. The van der Waals surface area contributed by atoms with Gasteiger partial charge in [-0.15, -0.1) is 12.4 Å². The summed E-state index contributed by atoms with van der Waals surface area (Å²) in [6.45, 7) is 4.29. The zero-order valence-electron chi connectivity index (χ0n) is 9.54. The van der Waals surface area contributed by atoms with Gasteiger partial charge in [-0.2, -0.15) is 0 Å². The molecule has 0 radical (unpaired) electrons. The molecule has 0 fully saturated rings. The van der Waals surface area contributed by atoms with Crippen LogP contribution in [0, 0.1) is 11.7 Å². The Balaban J connectivity index is 0.00000225. The number of benzene rings is 1. The van der Waals surface area contributed by atoms with Gasteiger partial charge in [-0.05, 0) is 37.0 Å². The first kappa shape index (κ1) is 15.9. The van der Waals surface area contributed by atoms with E-state index in [0.717, 1.165) is 17.3 Å². The van der Waals surface area contributed by atoms with Crippen molar-refractivity contribution in [2.45, 2.75) is 32.7 Å². The molecule has 0 aromatic heterocycles. The Morgan fingerprint density at radius 1 is 1.31 bits per heavy atom. The third-order valence-corrected chi connectivity index (χ3v) is 2.91. The van der Waals surface area contributed by atoms with Crippen LogP contribution >= 0.6 is 28.3 Å². The van der Waals surface area contributed by atoms with E-state index in [1.54, 1.807) is 12.1 Å². The molecule has 0 aliphatic heterocycles. The molecule has 1 aromatic carbocycles. The lowest BCUT2D eigenvalue weighted by atomic mass is 9.98. The van der Waals surface area contributed by atoms with Crippen molar-refractivity contribution in [2.75, 3.05) is 0 Å². The van der Waals surface area contributed by atoms with E-state index in [0.29, 0.717) is 11.5 Å². The molecule has 2 N–H and O–H groups in total. The smallest absolute Gasteiger partial charge is 0.128 e. The average molecular weight is 311 g/mol. The summed E-state index contributed by atoms with van der Waals surface area (Å²) in [5.41, 5.74) is 6.55. The summed E-state index contributed by atoms with van der Waals surface area (Å²) in [6, 6.07) is 4.70. The van der Waals surface area contributed by atoms with Crippen LogP contribution in [0.4, 0.5) is 4.39 Å². The van der Waals surface area contributed by atoms with Crippen molar-refractivity contribution in [2.24, 2.45) is 11.7 Å². The number of rotatable bonds is 4. The van der Waals surface area contributed by atoms with Crippen LogP contribution in [0.15, 0.2) is 22.7 Å². The maximum atomic E-state index is 13.4. The van der Waals surface area contributed by atoms with Crippen molar-refractivity contribution in [1.82, 2.24) is 0 Å². The van der Waals surface area contributed by atoms with Gasteiger partial charge in [0.1, 0.15) is 5.82 Å². The molecule has 1 atom stereocenters. The summed E-state index contributed by atoms with van der Waals surface area (Å²) in [7, 11) is 0. The molecule has 0 saturated carbocycles. The van der Waals surface area contributed by atoms with Gasteiger partial charge in [0.2, 0.25) is 0 Å². The van der Waals surface area contributed by atoms with Crippen molar-refractivity contribution in [3.8, 4) is 0 Å². The minimum atomic E-state index is -0.213. The number of hydrogen-bond donors (Lipinski definition) is 1. The van der Waals surface area contributed by atoms with Crippen LogP contribution in [0.3, 0.4) is 0 Å². The Labute approximate surface area is 111 Å². The van der Waals surface area contributed by atoms with Gasteiger partial charge in [0.15, 0.2) is 0 Å². The Hall–Kier alpha value is -0.120. The molecule has 92 valence electrons. The van der Waals surface area contributed by atoms with Gasteiger partial charge in [-0.25, -0.2) is 4.39 Å². The summed E-state index contributed by atoms with van der Waals surface area (Å²) in [5.74, 6) is 0.390. The van der Waals surface area contributed by atoms with Gasteiger partial charge in [0, 0.05) is 16.1 Å². The molecule has 0 saturated heterocycles.